The number of nitrogens with one attached hydrogen (secondary N) is 3. The number of likely N-dealkylation sites (tertiary alicyclic amines) is 1. The Hall–Kier alpha value is -3.39. The largest absolute Gasteiger partial charge is 0.448 e. The molecule has 0 aromatic rings. The Bertz CT molecular complexity index is 1090. The number of rotatable bonds is 12. The number of halogens is 3. The minimum absolute atomic E-state index is 0.165. The van der Waals surface area contributed by atoms with E-state index in [1.54, 1.807) is 20.8 Å². The second-order valence-electron chi connectivity index (χ2n) is 13.9. The molecule has 1 saturated heterocycles. The number of urea groups is 1. The van der Waals surface area contributed by atoms with Crippen LogP contribution in [0.1, 0.15) is 102 Å². The number of ketones is 1. The average Bonchev–Trinajstić information content (AvgIpc) is 3.38. The Morgan fingerprint density at radius 3 is 1.85 bits per heavy atom. The molecule has 1 fully saturated rings. The lowest BCUT2D eigenvalue weighted by Gasteiger charge is -2.36. The Morgan fingerprint density at radius 1 is 0.913 bits per heavy atom. The first-order valence-corrected chi connectivity index (χ1v) is 15.6. The minimum atomic E-state index is -4.85. The number of Topliss-reactive ketones (excluding diaryl/α,β-unsaturated/α-hetero) is 1. The van der Waals surface area contributed by atoms with Crippen LogP contribution in [-0.4, -0.2) is 82.9 Å². The number of carbonyl (C=O) groups is 6. The summed E-state index contributed by atoms with van der Waals surface area (Å²) in [7, 11) is 0. The molecule has 4 atom stereocenters. The van der Waals surface area contributed by atoms with Crippen LogP contribution in [-0.2, 0) is 28.7 Å². The van der Waals surface area contributed by atoms with E-state index in [1.807, 2.05) is 0 Å². The van der Waals surface area contributed by atoms with Crippen LogP contribution in [0.25, 0.3) is 0 Å². The summed E-state index contributed by atoms with van der Waals surface area (Å²) in [5, 5.41) is 7.15. The summed E-state index contributed by atoms with van der Waals surface area (Å²) in [6.07, 6.45) is -1.44. The van der Waals surface area contributed by atoms with Crippen molar-refractivity contribution in [3.05, 3.63) is 0 Å². The number of carbonyl (C=O) groups excluding carboxylic acids is 6. The van der Waals surface area contributed by atoms with Crippen molar-refractivity contribution in [2.45, 2.75) is 138 Å². The van der Waals surface area contributed by atoms with Crippen molar-refractivity contribution in [2.75, 3.05) is 6.54 Å². The van der Waals surface area contributed by atoms with Gasteiger partial charge in [0.05, 0.1) is 6.04 Å². The smallest absolute Gasteiger partial charge is 0.427 e. The fourth-order valence-corrected chi connectivity index (χ4v) is 4.47. The van der Waals surface area contributed by atoms with Gasteiger partial charge in [-0.2, -0.15) is 13.2 Å². The van der Waals surface area contributed by atoms with E-state index < -0.39 is 82.8 Å². The van der Waals surface area contributed by atoms with Crippen molar-refractivity contribution in [3.8, 4) is 0 Å². The number of nitrogens with zero attached hydrogens (tertiary/aromatic N) is 1. The fourth-order valence-electron chi connectivity index (χ4n) is 4.47. The molecule has 1 rings (SSSR count). The van der Waals surface area contributed by atoms with Gasteiger partial charge in [0.15, 0.2) is 0 Å². The van der Waals surface area contributed by atoms with Crippen LogP contribution < -0.4 is 21.7 Å². The van der Waals surface area contributed by atoms with Gasteiger partial charge in [-0.15, -0.1) is 0 Å². The lowest BCUT2D eigenvalue weighted by Crippen LogP contribution is -2.61. The molecule has 1 aliphatic heterocycles. The fraction of sp³-hybridized carbons (Fsp3) is 0.806. The Kier molecular flexibility index (Phi) is 16.2. The predicted molar refractivity (Wildman–Crippen MR) is 166 cm³/mol. The minimum Gasteiger partial charge on any atom is -0.448 e. The van der Waals surface area contributed by atoms with Crippen molar-refractivity contribution < 1.29 is 46.7 Å². The molecule has 1 aliphatic rings. The number of alkyl halides is 3. The highest BCUT2D eigenvalue weighted by Gasteiger charge is 2.52. The molecular weight excluding hydrogens is 611 g/mol. The highest BCUT2D eigenvalue weighted by atomic mass is 19.4. The molecular formula is C31H54F3N5O7. The molecule has 5 N–H and O–H groups in total. The van der Waals surface area contributed by atoms with E-state index in [1.165, 1.54) is 38.5 Å². The summed E-state index contributed by atoms with van der Waals surface area (Å²) in [5.41, 5.74) is 1.26. The predicted octanol–water partition coefficient (Wildman–Crippen LogP) is 3.60. The molecule has 0 aromatic carbocycles. The van der Waals surface area contributed by atoms with Crippen LogP contribution >= 0.6 is 0 Å². The maximum absolute atomic E-state index is 13.6. The normalized spacial score (nSPS) is 17.3. The third-order valence-electron chi connectivity index (χ3n) is 7.33. The Morgan fingerprint density at radius 2 is 1.46 bits per heavy atom. The highest BCUT2D eigenvalue weighted by molar-refractivity contribution is 6.37. The maximum Gasteiger partial charge on any atom is 0.427 e. The molecule has 1 heterocycles. The highest BCUT2D eigenvalue weighted by Crippen LogP contribution is 2.33. The molecule has 0 saturated carbocycles. The molecule has 12 nitrogen and oxygen atoms in total. The molecule has 0 spiro atoms. The third kappa shape index (κ3) is 13.1. The van der Waals surface area contributed by atoms with E-state index in [0.29, 0.717) is 20.3 Å². The first-order chi connectivity index (χ1) is 20.8. The van der Waals surface area contributed by atoms with Gasteiger partial charge in [-0.3, -0.25) is 19.2 Å². The molecule has 0 aromatic heterocycles. The quantitative estimate of drug-likeness (QED) is 0.182. The van der Waals surface area contributed by atoms with Crippen molar-refractivity contribution in [3.63, 3.8) is 0 Å². The zero-order valence-corrected chi connectivity index (χ0v) is 29.0. The zero-order valence-electron chi connectivity index (χ0n) is 29.0. The lowest BCUT2D eigenvalue weighted by atomic mass is 9.85. The van der Waals surface area contributed by atoms with E-state index >= 15 is 0 Å². The topological polar surface area (TPSA) is 177 Å². The van der Waals surface area contributed by atoms with Crippen LogP contribution in [0.5, 0.6) is 0 Å². The van der Waals surface area contributed by atoms with E-state index in [2.05, 4.69) is 41.5 Å². The van der Waals surface area contributed by atoms with Gasteiger partial charge in [0.2, 0.25) is 23.2 Å². The van der Waals surface area contributed by atoms with E-state index in [-0.39, 0.29) is 13.0 Å². The van der Waals surface area contributed by atoms with Crippen molar-refractivity contribution >= 4 is 35.5 Å². The number of nitrogens with two attached hydrogens (primary N) is 1. The lowest BCUT2D eigenvalue weighted by molar-refractivity contribution is -0.258. The number of primary amides is 1. The second-order valence-corrected chi connectivity index (χ2v) is 13.9. The zero-order chi connectivity index (χ0) is 36.4. The Labute approximate surface area is 270 Å². The Balaban J connectivity index is 0.00000306. The van der Waals surface area contributed by atoms with Gasteiger partial charge in [0.25, 0.3) is 5.91 Å². The van der Waals surface area contributed by atoms with Crippen LogP contribution in [0, 0.1) is 17.3 Å². The van der Waals surface area contributed by atoms with Gasteiger partial charge in [-0.05, 0) is 50.9 Å². The number of hydrogen-bond donors (Lipinski definition) is 4. The maximum atomic E-state index is 13.6. The monoisotopic (exact) mass is 665 g/mol. The van der Waals surface area contributed by atoms with Crippen LogP contribution in [0.2, 0.25) is 0 Å². The number of amides is 5. The first-order valence-electron chi connectivity index (χ1n) is 15.6. The van der Waals surface area contributed by atoms with Gasteiger partial charge < -0.3 is 31.3 Å². The number of hydrogen-bond acceptors (Lipinski definition) is 7. The molecule has 0 bridgehead atoms. The van der Waals surface area contributed by atoms with Crippen LogP contribution in [0.3, 0.4) is 0 Å². The van der Waals surface area contributed by atoms with Gasteiger partial charge in [0, 0.05) is 6.54 Å². The molecule has 0 aliphatic carbocycles. The molecule has 5 amide bonds. The van der Waals surface area contributed by atoms with Crippen molar-refractivity contribution in [1.82, 2.24) is 20.9 Å². The summed E-state index contributed by atoms with van der Waals surface area (Å²) in [6.45, 7) is 17.5. The van der Waals surface area contributed by atoms with Gasteiger partial charge >= 0.3 is 18.2 Å². The van der Waals surface area contributed by atoms with E-state index in [9.17, 15) is 41.9 Å². The van der Waals surface area contributed by atoms with Crippen molar-refractivity contribution in [1.29, 1.82) is 0 Å². The summed E-state index contributed by atoms with van der Waals surface area (Å²) in [4.78, 5) is 76.0. The molecule has 3 unspecified atom stereocenters. The van der Waals surface area contributed by atoms with Crippen LogP contribution in [0.15, 0.2) is 0 Å². The molecule has 0 radical (unpaired) electrons. The number of esters is 1. The van der Waals surface area contributed by atoms with Crippen LogP contribution in [0.4, 0.5) is 18.0 Å². The SMILES string of the molecule is CC(NC(=O)[C@@H]1CCCN1C(=O)C(NC(=O)NC(C(=O)OC(C)(C)C(F)(F)F)C(C)C)C(C)(C)C)C(=O)C(N)=O.CCCC(C)C. The summed E-state index contributed by atoms with van der Waals surface area (Å²) < 4.78 is 44.3. The summed E-state index contributed by atoms with van der Waals surface area (Å²) >= 11 is 0. The summed E-state index contributed by atoms with van der Waals surface area (Å²) in [5.74, 6) is -4.61. The van der Waals surface area contributed by atoms with E-state index in [0.717, 1.165) is 5.92 Å². The van der Waals surface area contributed by atoms with Gasteiger partial charge in [-0.1, -0.05) is 68.2 Å². The molecule has 46 heavy (non-hydrogen) atoms. The third-order valence-corrected chi connectivity index (χ3v) is 7.33. The first kappa shape index (κ1) is 42.6. The second kappa shape index (κ2) is 17.5. The van der Waals surface area contributed by atoms with E-state index in [4.69, 9.17) is 5.73 Å². The van der Waals surface area contributed by atoms with Gasteiger partial charge in [0.1, 0.15) is 18.1 Å². The van der Waals surface area contributed by atoms with Crippen molar-refractivity contribution in [2.24, 2.45) is 23.0 Å². The molecule has 266 valence electrons. The standard InChI is InChI=1S/C25H40F3N5O7.C6H14/c1-12(2)15(21(38)40-24(7,8)25(26,27)28)31-22(39)32-17(23(4,5)6)20(37)33-11-9-10-14(33)19(36)30-13(3)16(34)18(29)35;1-4-5-6(2)3/h12-15,17H,9-11H2,1-8H3,(H2,29,35)(H,30,36)(H2,31,32,39);6H,4-5H2,1-3H3/t13?,14-,15?,17?;/m0./s1. The number of ether oxygens (including phenoxy) is 1. The molecule has 15 heteroatoms. The summed E-state index contributed by atoms with van der Waals surface area (Å²) in [6, 6.07) is -5.89. The van der Waals surface area contributed by atoms with Gasteiger partial charge in [-0.25, -0.2) is 9.59 Å². The average molecular weight is 666 g/mol.